The second kappa shape index (κ2) is 8.78. The first-order valence-electron chi connectivity index (χ1n) is 8.83. The third-order valence-corrected chi connectivity index (χ3v) is 4.20. The van der Waals surface area contributed by atoms with Gasteiger partial charge in [-0.15, -0.1) is 0 Å². The largest absolute Gasteiger partial charge is 0.496 e. The molecule has 0 radical (unpaired) electrons. The number of anilines is 3. The third-order valence-electron chi connectivity index (χ3n) is 4.20. The van der Waals surface area contributed by atoms with Gasteiger partial charge in [0.05, 0.1) is 19.9 Å². The number of likely N-dealkylation sites (N-methyl/N-ethyl adjacent to an activating group) is 1. The number of alkyl halides is 2. The van der Waals surface area contributed by atoms with Crippen LogP contribution in [0.4, 0.5) is 26.2 Å². The lowest BCUT2D eigenvalue weighted by Crippen LogP contribution is -2.26. The molecular weight excluding hydrogens is 382 g/mol. The Morgan fingerprint density at radius 3 is 2.69 bits per heavy atom. The van der Waals surface area contributed by atoms with Crippen LogP contribution < -0.4 is 21.1 Å². The van der Waals surface area contributed by atoms with Gasteiger partial charge < -0.3 is 21.1 Å². The summed E-state index contributed by atoms with van der Waals surface area (Å²) in [5.41, 5.74) is 7.16. The van der Waals surface area contributed by atoms with Crippen molar-refractivity contribution in [1.29, 1.82) is 0 Å². The van der Waals surface area contributed by atoms with Crippen LogP contribution in [0.25, 0.3) is 11.1 Å². The van der Waals surface area contributed by atoms with Crippen molar-refractivity contribution in [3.8, 4) is 16.9 Å². The summed E-state index contributed by atoms with van der Waals surface area (Å²) in [7, 11) is 3.43. The molecule has 3 aromatic heterocycles. The topological polar surface area (TPSA) is 116 Å². The summed E-state index contributed by atoms with van der Waals surface area (Å²) in [4.78, 5) is 11.6. The number of nitrogen functional groups attached to an aromatic ring is 1. The van der Waals surface area contributed by atoms with Gasteiger partial charge in [-0.3, -0.25) is 4.68 Å². The van der Waals surface area contributed by atoms with Crippen molar-refractivity contribution >= 4 is 17.5 Å². The van der Waals surface area contributed by atoms with Gasteiger partial charge in [-0.25, -0.2) is 23.7 Å². The summed E-state index contributed by atoms with van der Waals surface area (Å²) in [6, 6.07) is 3.26. The van der Waals surface area contributed by atoms with Crippen molar-refractivity contribution in [3.05, 3.63) is 36.5 Å². The number of hydrogen-bond acceptors (Lipinski definition) is 8. The fraction of sp³-hybridized carbons (Fsp3) is 0.333. The van der Waals surface area contributed by atoms with E-state index in [0.717, 1.165) is 11.1 Å². The fourth-order valence-electron chi connectivity index (χ4n) is 2.64. The van der Waals surface area contributed by atoms with Gasteiger partial charge in [-0.2, -0.15) is 5.10 Å². The van der Waals surface area contributed by atoms with Gasteiger partial charge in [0.15, 0.2) is 5.82 Å². The van der Waals surface area contributed by atoms with E-state index < -0.39 is 12.2 Å². The third kappa shape index (κ3) is 4.93. The number of hydrogen-bond donors (Lipinski definition) is 3. The standard InChI is InChI=1S/C18H22F2N8O/c1-10(22-2)8-28-9-11(6-24-28)12-7-23-15(4-13(12)29-3)26-16-5-14(21)25-18(27-16)17(19)20/h4-7,9-10,17,22H,8H2,1-3H3,(H3,21,23,25,26,27). The summed E-state index contributed by atoms with van der Waals surface area (Å²) in [5, 5.41) is 10.4. The van der Waals surface area contributed by atoms with E-state index in [9.17, 15) is 8.78 Å². The number of rotatable bonds is 8. The summed E-state index contributed by atoms with van der Waals surface area (Å²) in [5.74, 6) is 0.299. The SMILES string of the molecule is CNC(C)Cn1cc(-c2cnc(Nc3cc(N)nc(C(F)F)n3)cc2OC)cn1. The highest BCUT2D eigenvalue weighted by Gasteiger charge is 2.15. The Kier molecular flexibility index (Phi) is 6.17. The Morgan fingerprint density at radius 2 is 2.00 bits per heavy atom. The maximum atomic E-state index is 12.9. The molecule has 0 aliphatic carbocycles. The molecule has 0 bridgehead atoms. The first-order valence-corrected chi connectivity index (χ1v) is 8.83. The van der Waals surface area contributed by atoms with Crippen LogP contribution in [-0.2, 0) is 6.54 Å². The maximum absolute atomic E-state index is 12.9. The van der Waals surface area contributed by atoms with Gasteiger partial charge in [-0.1, -0.05) is 0 Å². The average molecular weight is 404 g/mol. The van der Waals surface area contributed by atoms with Gasteiger partial charge in [0, 0.05) is 41.7 Å². The summed E-state index contributed by atoms with van der Waals surface area (Å²) in [6.45, 7) is 2.77. The molecule has 3 rings (SSSR count). The highest BCUT2D eigenvalue weighted by molar-refractivity contribution is 5.71. The number of nitrogens with two attached hydrogens (primary N) is 1. The Morgan fingerprint density at radius 1 is 1.21 bits per heavy atom. The zero-order valence-electron chi connectivity index (χ0n) is 16.2. The Labute approximate surface area is 166 Å². The van der Waals surface area contributed by atoms with Crippen LogP contribution in [0, 0.1) is 0 Å². The van der Waals surface area contributed by atoms with Crippen LogP contribution in [0.15, 0.2) is 30.7 Å². The highest BCUT2D eigenvalue weighted by atomic mass is 19.3. The molecule has 0 amide bonds. The number of ether oxygens (including phenoxy) is 1. The first-order chi connectivity index (χ1) is 13.9. The molecule has 154 valence electrons. The van der Waals surface area contributed by atoms with Gasteiger partial charge in [-0.05, 0) is 14.0 Å². The molecule has 0 saturated heterocycles. The lowest BCUT2D eigenvalue weighted by atomic mass is 10.1. The minimum atomic E-state index is -2.83. The molecule has 1 unspecified atom stereocenters. The summed E-state index contributed by atoms with van der Waals surface area (Å²) in [6.07, 6.45) is 2.42. The number of nitrogens with zero attached hydrogens (tertiary/aromatic N) is 5. The van der Waals surface area contributed by atoms with Gasteiger partial charge >= 0.3 is 0 Å². The van der Waals surface area contributed by atoms with Gasteiger partial charge in [0.1, 0.15) is 23.2 Å². The van der Waals surface area contributed by atoms with E-state index in [1.54, 1.807) is 18.5 Å². The Balaban J connectivity index is 1.84. The minimum absolute atomic E-state index is 0.0652. The summed E-state index contributed by atoms with van der Waals surface area (Å²) < 4.78 is 33.0. The second-order valence-corrected chi connectivity index (χ2v) is 6.37. The molecule has 1 atom stereocenters. The minimum Gasteiger partial charge on any atom is -0.496 e. The fourth-order valence-corrected chi connectivity index (χ4v) is 2.64. The molecule has 0 aliphatic rings. The van der Waals surface area contributed by atoms with Crippen molar-refractivity contribution < 1.29 is 13.5 Å². The lowest BCUT2D eigenvalue weighted by Gasteiger charge is -2.11. The van der Waals surface area contributed by atoms with Crippen LogP contribution in [-0.4, -0.2) is 44.9 Å². The van der Waals surface area contributed by atoms with Gasteiger partial charge in [0.2, 0.25) is 0 Å². The number of methoxy groups -OCH3 is 1. The van der Waals surface area contributed by atoms with Crippen molar-refractivity contribution in [2.45, 2.75) is 25.9 Å². The zero-order chi connectivity index (χ0) is 21.0. The van der Waals surface area contributed by atoms with Crippen LogP contribution in [0.1, 0.15) is 19.2 Å². The molecule has 3 heterocycles. The predicted molar refractivity (Wildman–Crippen MR) is 105 cm³/mol. The molecular formula is C18H22F2N8O. The van der Waals surface area contributed by atoms with Crippen LogP contribution >= 0.6 is 0 Å². The van der Waals surface area contributed by atoms with E-state index in [4.69, 9.17) is 10.5 Å². The zero-order valence-corrected chi connectivity index (χ0v) is 16.2. The van der Waals surface area contributed by atoms with E-state index in [2.05, 4.69) is 37.6 Å². The number of nitrogens with one attached hydrogen (secondary N) is 2. The van der Waals surface area contributed by atoms with Crippen molar-refractivity contribution in [3.63, 3.8) is 0 Å². The molecule has 0 aromatic carbocycles. The molecule has 29 heavy (non-hydrogen) atoms. The normalized spacial score (nSPS) is 12.2. The summed E-state index contributed by atoms with van der Waals surface area (Å²) >= 11 is 0. The number of aromatic nitrogens is 5. The van der Waals surface area contributed by atoms with E-state index in [-0.39, 0.29) is 17.7 Å². The Bertz CT molecular complexity index is 978. The lowest BCUT2D eigenvalue weighted by molar-refractivity contribution is 0.140. The van der Waals surface area contributed by atoms with E-state index in [0.29, 0.717) is 18.1 Å². The molecule has 4 N–H and O–H groups in total. The molecule has 0 aliphatic heterocycles. The molecule has 3 aromatic rings. The van der Waals surface area contributed by atoms with Crippen LogP contribution in [0.5, 0.6) is 5.75 Å². The monoisotopic (exact) mass is 404 g/mol. The molecule has 0 spiro atoms. The number of halogens is 2. The van der Waals surface area contributed by atoms with Crippen molar-refractivity contribution in [1.82, 2.24) is 30.0 Å². The second-order valence-electron chi connectivity index (χ2n) is 6.37. The maximum Gasteiger partial charge on any atom is 0.297 e. The molecule has 9 nitrogen and oxygen atoms in total. The van der Waals surface area contributed by atoms with E-state index in [1.807, 2.05) is 17.9 Å². The number of pyridine rings is 1. The van der Waals surface area contributed by atoms with Crippen molar-refractivity contribution in [2.75, 3.05) is 25.2 Å². The van der Waals surface area contributed by atoms with Crippen molar-refractivity contribution in [2.24, 2.45) is 0 Å². The highest BCUT2D eigenvalue weighted by Crippen LogP contribution is 2.31. The quantitative estimate of drug-likeness (QED) is 0.525. The average Bonchev–Trinajstić information content (AvgIpc) is 3.15. The molecule has 0 saturated carbocycles. The van der Waals surface area contributed by atoms with E-state index in [1.165, 1.54) is 13.2 Å². The Hall–Kier alpha value is -3.34. The first kappa shape index (κ1) is 20.4. The van der Waals surface area contributed by atoms with Crippen LogP contribution in [0.2, 0.25) is 0 Å². The molecule has 11 heteroatoms. The smallest absolute Gasteiger partial charge is 0.297 e. The predicted octanol–water partition coefficient (Wildman–Crippen LogP) is 2.62. The molecule has 0 fully saturated rings. The van der Waals surface area contributed by atoms with E-state index >= 15 is 0 Å². The van der Waals surface area contributed by atoms with Crippen LogP contribution in [0.3, 0.4) is 0 Å². The van der Waals surface area contributed by atoms with Gasteiger partial charge in [0.25, 0.3) is 6.43 Å².